The van der Waals surface area contributed by atoms with Crippen molar-refractivity contribution < 1.29 is 14.4 Å². The van der Waals surface area contributed by atoms with Crippen LogP contribution in [0.4, 0.5) is 0 Å². The van der Waals surface area contributed by atoms with Crippen molar-refractivity contribution in [1.29, 1.82) is 0 Å². The van der Waals surface area contributed by atoms with Crippen molar-refractivity contribution >= 4 is 5.97 Å². The third-order valence-corrected chi connectivity index (χ3v) is 3.07. The molecule has 4 nitrogen and oxygen atoms in total. The number of nitrogens with zero attached hydrogens (tertiary/aromatic N) is 1. The number of hydrogen-bond acceptors (Lipinski definition) is 3. The van der Waals surface area contributed by atoms with Gasteiger partial charge in [0, 0.05) is 11.1 Å². The van der Waals surface area contributed by atoms with Crippen molar-refractivity contribution in [2.75, 3.05) is 0 Å². The highest BCUT2D eigenvalue weighted by Gasteiger charge is 2.17. The largest absolute Gasteiger partial charge is 0.481 e. The summed E-state index contributed by atoms with van der Waals surface area (Å²) in [6, 6.07) is 8.00. The van der Waals surface area contributed by atoms with E-state index in [4.69, 9.17) is 9.63 Å². The number of hydrogen-bond donors (Lipinski definition) is 1. The van der Waals surface area contributed by atoms with Crippen LogP contribution in [0, 0.1) is 6.92 Å². The Morgan fingerprint density at radius 3 is 2.58 bits per heavy atom. The molecule has 1 N–H and O–H groups in total. The molecule has 0 aliphatic heterocycles. The molecule has 0 atom stereocenters. The minimum absolute atomic E-state index is 0.0681. The number of aromatic nitrogens is 1. The van der Waals surface area contributed by atoms with E-state index in [1.807, 2.05) is 24.3 Å². The molecule has 0 fully saturated rings. The highest BCUT2D eigenvalue weighted by atomic mass is 16.5. The summed E-state index contributed by atoms with van der Waals surface area (Å²) in [6.45, 7) is 3.90. The third kappa shape index (κ3) is 3.02. The Labute approximate surface area is 112 Å². The fraction of sp³-hybridized carbons (Fsp3) is 0.333. The Morgan fingerprint density at radius 2 is 2.00 bits per heavy atom. The fourth-order valence-electron chi connectivity index (χ4n) is 2.09. The second kappa shape index (κ2) is 5.69. The van der Waals surface area contributed by atoms with Gasteiger partial charge < -0.3 is 9.63 Å². The van der Waals surface area contributed by atoms with Crippen LogP contribution in [-0.2, 0) is 17.6 Å². The molecule has 0 unspecified atom stereocenters. The van der Waals surface area contributed by atoms with Gasteiger partial charge in [0.25, 0.3) is 0 Å². The standard InChI is InChI=1S/C15H17NO3/c1-3-4-11-5-7-12(8-6-11)15-13(9-14(17)18)10(2)16-19-15/h5-8H,3-4,9H2,1-2H3,(H,17,18). The number of rotatable bonds is 5. The predicted molar refractivity (Wildman–Crippen MR) is 72.0 cm³/mol. The number of carboxylic acids is 1. The molecule has 1 heterocycles. The molecule has 100 valence electrons. The van der Waals surface area contributed by atoms with Crippen LogP contribution in [0.3, 0.4) is 0 Å². The zero-order chi connectivity index (χ0) is 13.8. The lowest BCUT2D eigenvalue weighted by molar-refractivity contribution is -0.136. The lowest BCUT2D eigenvalue weighted by atomic mass is 10.0. The average Bonchev–Trinajstić information content (AvgIpc) is 2.72. The van der Waals surface area contributed by atoms with Crippen LogP contribution in [0.2, 0.25) is 0 Å². The first-order valence-corrected chi connectivity index (χ1v) is 6.38. The van der Waals surface area contributed by atoms with E-state index in [1.54, 1.807) is 6.92 Å². The Balaban J connectivity index is 2.33. The SMILES string of the molecule is CCCc1ccc(-c2onc(C)c2CC(=O)O)cc1. The van der Waals surface area contributed by atoms with E-state index in [2.05, 4.69) is 12.1 Å². The van der Waals surface area contributed by atoms with Crippen molar-refractivity contribution in [1.82, 2.24) is 5.16 Å². The predicted octanol–water partition coefficient (Wildman–Crippen LogP) is 3.23. The Hall–Kier alpha value is -2.10. The number of benzene rings is 1. The lowest BCUT2D eigenvalue weighted by Gasteiger charge is -2.02. The zero-order valence-electron chi connectivity index (χ0n) is 11.1. The smallest absolute Gasteiger partial charge is 0.308 e. The molecule has 0 saturated carbocycles. The molecule has 0 saturated heterocycles. The number of aliphatic carboxylic acids is 1. The Morgan fingerprint density at radius 1 is 1.32 bits per heavy atom. The van der Waals surface area contributed by atoms with Gasteiger partial charge in [-0.3, -0.25) is 4.79 Å². The van der Waals surface area contributed by atoms with Crippen molar-refractivity contribution in [3.8, 4) is 11.3 Å². The summed E-state index contributed by atoms with van der Waals surface area (Å²) in [5.74, 6) is -0.321. The van der Waals surface area contributed by atoms with Gasteiger partial charge in [-0.15, -0.1) is 0 Å². The summed E-state index contributed by atoms with van der Waals surface area (Å²) in [5.41, 5.74) is 3.42. The van der Waals surface area contributed by atoms with Crippen molar-refractivity contribution in [3.05, 3.63) is 41.1 Å². The molecule has 2 aromatic rings. The van der Waals surface area contributed by atoms with Gasteiger partial charge in [0.1, 0.15) is 0 Å². The molecule has 0 spiro atoms. The van der Waals surface area contributed by atoms with Crippen LogP contribution in [0.25, 0.3) is 11.3 Å². The molecule has 0 amide bonds. The van der Waals surface area contributed by atoms with Gasteiger partial charge >= 0.3 is 5.97 Å². The third-order valence-electron chi connectivity index (χ3n) is 3.07. The minimum Gasteiger partial charge on any atom is -0.481 e. The van der Waals surface area contributed by atoms with E-state index >= 15 is 0 Å². The van der Waals surface area contributed by atoms with E-state index < -0.39 is 5.97 Å². The normalized spacial score (nSPS) is 10.6. The second-order valence-corrected chi connectivity index (χ2v) is 4.59. The lowest BCUT2D eigenvalue weighted by Crippen LogP contribution is -2.01. The molecule has 1 aromatic carbocycles. The van der Waals surface area contributed by atoms with Gasteiger partial charge in [0.05, 0.1) is 12.1 Å². The van der Waals surface area contributed by atoms with Crippen LogP contribution in [-0.4, -0.2) is 16.2 Å². The molecule has 0 radical (unpaired) electrons. The number of carbonyl (C=O) groups is 1. The van der Waals surface area contributed by atoms with Crippen molar-refractivity contribution in [3.63, 3.8) is 0 Å². The molecule has 1 aromatic heterocycles. The molecule has 0 bridgehead atoms. The van der Waals surface area contributed by atoms with E-state index in [-0.39, 0.29) is 6.42 Å². The van der Waals surface area contributed by atoms with E-state index in [1.165, 1.54) is 5.56 Å². The first-order valence-electron chi connectivity index (χ1n) is 6.38. The molecule has 0 aliphatic carbocycles. The number of carboxylic acid groups (broad SMARTS) is 1. The molecule has 4 heteroatoms. The summed E-state index contributed by atoms with van der Waals surface area (Å²) in [7, 11) is 0. The summed E-state index contributed by atoms with van der Waals surface area (Å²) in [4.78, 5) is 10.9. The molecule has 2 rings (SSSR count). The molecular formula is C15H17NO3. The van der Waals surface area contributed by atoms with Crippen LogP contribution >= 0.6 is 0 Å². The van der Waals surface area contributed by atoms with Crippen molar-refractivity contribution in [2.45, 2.75) is 33.1 Å². The van der Waals surface area contributed by atoms with Gasteiger partial charge in [-0.05, 0) is 18.9 Å². The Kier molecular flexibility index (Phi) is 4.00. The number of aryl methyl sites for hydroxylation is 2. The minimum atomic E-state index is -0.879. The molecule has 19 heavy (non-hydrogen) atoms. The van der Waals surface area contributed by atoms with E-state index in [9.17, 15) is 4.79 Å². The van der Waals surface area contributed by atoms with Gasteiger partial charge in [-0.1, -0.05) is 42.8 Å². The molecule has 0 aliphatic rings. The maximum atomic E-state index is 10.9. The second-order valence-electron chi connectivity index (χ2n) is 4.59. The first-order chi connectivity index (χ1) is 9.11. The first kappa shape index (κ1) is 13.3. The topological polar surface area (TPSA) is 63.3 Å². The summed E-state index contributed by atoms with van der Waals surface area (Å²) < 4.78 is 5.27. The van der Waals surface area contributed by atoms with Crippen molar-refractivity contribution in [2.24, 2.45) is 0 Å². The quantitative estimate of drug-likeness (QED) is 0.895. The van der Waals surface area contributed by atoms with Crippen LogP contribution in [0.1, 0.15) is 30.2 Å². The van der Waals surface area contributed by atoms with Crippen LogP contribution < -0.4 is 0 Å². The van der Waals surface area contributed by atoms with Gasteiger partial charge in [-0.2, -0.15) is 0 Å². The maximum absolute atomic E-state index is 10.9. The van der Waals surface area contributed by atoms with Gasteiger partial charge in [0.15, 0.2) is 5.76 Å². The monoisotopic (exact) mass is 259 g/mol. The zero-order valence-corrected chi connectivity index (χ0v) is 11.1. The maximum Gasteiger partial charge on any atom is 0.308 e. The van der Waals surface area contributed by atoms with Crippen LogP contribution in [0.15, 0.2) is 28.8 Å². The average molecular weight is 259 g/mol. The van der Waals surface area contributed by atoms with E-state index in [0.717, 1.165) is 18.4 Å². The highest BCUT2D eigenvalue weighted by Crippen LogP contribution is 2.27. The van der Waals surface area contributed by atoms with E-state index in [0.29, 0.717) is 17.0 Å². The summed E-state index contributed by atoms with van der Waals surface area (Å²) in [5, 5.41) is 12.8. The van der Waals surface area contributed by atoms with Gasteiger partial charge in [-0.25, -0.2) is 0 Å². The molecular weight excluding hydrogens is 242 g/mol. The summed E-state index contributed by atoms with van der Waals surface area (Å²) >= 11 is 0. The van der Waals surface area contributed by atoms with Crippen LogP contribution in [0.5, 0.6) is 0 Å². The fourth-order valence-corrected chi connectivity index (χ4v) is 2.09. The Bertz CT molecular complexity index is 570. The summed E-state index contributed by atoms with van der Waals surface area (Å²) in [6.07, 6.45) is 2.07. The highest BCUT2D eigenvalue weighted by molar-refractivity contribution is 5.75. The van der Waals surface area contributed by atoms with Gasteiger partial charge in [0.2, 0.25) is 0 Å².